The van der Waals surface area contributed by atoms with Crippen molar-refractivity contribution < 1.29 is 0 Å². The van der Waals surface area contributed by atoms with Gasteiger partial charge in [0, 0.05) is 0 Å². The minimum atomic E-state index is 0. The van der Waals surface area contributed by atoms with E-state index in [0.717, 1.165) is 0 Å². The maximum Gasteiger partial charge on any atom is -0.106 e. The summed E-state index contributed by atoms with van der Waals surface area (Å²) in [5.74, 6) is 0. The van der Waals surface area contributed by atoms with Crippen LogP contribution >= 0.6 is 0 Å². The van der Waals surface area contributed by atoms with Crippen LogP contribution in [0.3, 0.4) is 0 Å². The molecule has 2 heteroatoms. The lowest BCUT2D eigenvalue weighted by atomic mass is 11.3. The van der Waals surface area contributed by atoms with E-state index in [9.17, 15) is 0 Å². The van der Waals surface area contributed by atoms with Gasteiger partial charge in [-0.1, -0.05) is 0 Å². The van der Waals surface area contributed by atoms with Gasteiger partial charge in [0.05, 0.1) is 0 Å². The van der Waals surface area contributed by atoms with Gasteiger partial charge < -0.3 is 12.3 Å². The van der Waals surface area contributed by atoms with E-state index in [1.54, 1.807) is 0 Å². The minimum Gasteiger partial charge on any atom is -0.344 e. The normalized spacial score (nSPS) is 1.78. The summed E-state index contributed by atoms with van der Waals surface area (Å²) >= 11 is 0. The Hall–Kier alpha value is -2.16. The van der Waals surface area contributed by atoms with Crippen LogP contribution in [0.25, 0.3) is 0 Å². The zero-order valence-electron chi connectivity index (χ0n) is 12.7. The van der Waals surface area contributed by atoms with Gasteiger partial charge in [-0.3, -0.25) is 0 Å². The first-order valence-electron chi connectivity index (χ1n) is 4.00. The Morgan fingerprint density at radius 3 is 0.167 bits per heavy atom. The molecule has 0 atom stereocenters. The maximum atomic E-state index is 3.00. The highest BCUT2D eigenvalue weighted by atomic mass is 14.0. The van der Waals surface area contributed by atoms with Crippen LogP contribution in [0.5, 0.6) is 0 Å². The van der Waals surface area contributed by atoms with E-state index in [0.29, 0.717) is 0 Å². The topological polar surface area (TPSA) is 70.0 Å². The molecule has 18 heavy (non-hydrogen) atoms. The lowest BCUT2D eigenvalue weighted by Crippen LogP contribution is -0.552. The standard InChI is InChI=1S/8C2H4.2H3N/c8*1-2;;/h8*1-2H2;2*1H3. The predicted octanol–water partition coefficient (Wildman–Crippen LogP) is 6.74. The van der Waals surface area contributed by atoms with Gasteiger partial charge in [-0.2, -0.15) is 0 Å². The molecule has 0 bridgehead atoms. The third-order valence-electron chi connectivity index (χ3n) is 0. The molecule has 0 fully saturated rings. The van der Waals surface area contributed by atoms with Crippen molar-refractivity contribution in [1.29, 1.82) is 0 Å². The van der Waals surface area contributed by atoms with Gasteiger partial charge >= 0.3 is 0 Å². The second-order valence-corrected chi connectivity index (χ2v) is 0. The summed E-state index contributed by atoms with van der Waals surface area (Å²) in [5, 5.41) is 0. The van der Waals surface area contributed by atoms with E-state index in [-0.39, 0.29) is 12.3 Å². The van der Waals surface area contributed by atoms with Crippen LogP contribution < -0.4 is 12.3 Å². The molecular weight excluding hydrogens is 220 g/mol. The largest absolute Gasteiger partial charge is 0.344 e. The van der Waals surface area contributed by atoms with E-state index in [4.69, 9.17) is 0 Å². The Morgan fingerprint density at radius 2 is 0.167 bits per heavy atom. The van der Waals surface area contributed by atoms with E-state index in [2.05, 4.69) is 105 Å². The molecule has 0 aromatic rings. The van der Waals surface area contributed by atoms with Crippen molar-refractivity contribution in [2.75, 3.05) is 0 Å². The molecule has 0 aromatic carbocycles. The Morgan fingerprint density at radius 1 is 0.167 bits per heavy atom. The summed E-state index contributed by atoms with van der Waals surface area (Å²) in [6.45, 7) is 48.0. The van der Waals surface area contributed by atoms with Crippen LogP contribution in [0, 0.1) is 0 Å². The average Bonchev–Trinajstić information content (AvgIpc) is 2.54. The van der Waals surface area contributed by atoms with E-state index >= 15 is 0 Å². The molecule has 112 valence electrons. The molecule has 0 heterocycles. The third-order valence-corrected chi connectivity index (χ3v) is 0. The molecule has 0 aromatic heterocycles. The molecule has 0 aliphatic heterocycles. The van der Waals surface area contributed by atoms with Gasteiger partial charge in [-0.15, -0.1) is 105 Å². The van der Waals surface area contributed by atoms with Crippen molar-refractivity contribution in [2.24, 2.45) is 0 Å². The predicted molar refractivity (Wildman–Crippen MR) is 100 cm³/mol. The molecule has 0 radical (unpaired) electrons. The van der Waals surface area contributed by atoms with Crippen molar-refractivity contribution in [2.45, 2.75) is 0 Å². The summed E-state index contributed by atoms with van der Waals surface area (Å²) in [7, 11) is 0. The molecule has 2 nitrogen and oxygen atoms in total. The third kappa shape index (κ3) is 489. The van der Waals surface area contributed by atoms with Crippen LogP contribution in [0.4, 0.5) is 0 Å². The van der Waals surface area contributed by atoms with Gasteiger partial charge in [0.25, 0.3) is 0 Å². The Kier molecular flexibility index (Phi) is 3460. The van der Waals surface area contributed by atoms with Crippen LogP contribution in [0.1, 0.15) is 0 Å². The summed E-state index contributed by atoms with van der Waals surface area (Å²) in [5.41, 5.74) is 0. The van der Waals surface area contributed by atoms with E-state index in [1.807, 2.05) is 0 Å². The summed E-state index contributed by atoms with van der Waals surface area (Å²) in [4.78, 5) is 0. The van der Waals surface area contributed by atoms with Crippen molar-refractivity contribution in [1.82, 2.24) is 12.3 Å². The monoisotopic (exact) mass is 258 g/mol. The molecule has 0 amide bonds. The fourth-order valence-corrected chi connectivity index (χ4v) is 0. The van der Waals surface area contributed by atoms with Crippen molar-refractivity contribution in [3.05, 3.63) is 105 Å². The summed E-state index contributed by atoms with van der Waals surface area (Å²) in [6, 6.07) is 0. The van der Waals surface area contributed by atoms with Crippen LogP contribution in [-0.4, -0.2) is 0 Å². The maximum absolute atomic E-state index is 3.00. The summed E-state index contributed by atoms with van der Waals surface area (Å²) in [6.07, 6.45) is 0. The molecular formula is C16H38N2. The number of hydrogen-bond acceptors (Lipinski definition) is 2. The van der Waals surface area contributed by atoms with E-state index < -0.39 is 0 Å². The minimum absolute atomic E-state index is 0. The first-order chi connectivity index (χ1) is 8.00. The van der Waals surface area contributed by atoms with Crippen molar-refractivity contribution in [3.63, 3.8) is 0 Å². The Labute approximate surface area is 118 Å². The molecule has 6 N–H and O–H groups in total. The van der Waals surface area contributed by atoms with Gasteiger partial charge in [-0.25, -0.2) is 0 Å². The van der Waals surface area contributed by atoms with Crippen molar-refractivity contribution >= 4 is 0 Å². The van der Waals surface area contributed by atoms with Crippen molar-refractivity contribution in [3.8, 4) is 0 Å². The second-order valence-electron chi connectivity index (χ2n) is 0. The molecule has 0 saturated carbocycles. The van der Waals surface area contributed by atoms with Crippen LogP contribution in [-0.2, 0) is 0 Å². The molecule has 0 unspecified atom stereocenters. The van der Waals surface area contributed by atoms with Gasteiger partial charge in [0.1, 0.15) is 0 Å². The zero-order valence-corrected chi connectivity index (χ0v) is 12.7. The highest BCUT2D eigenvalue weighted by Gasteiger charge is 0.615. The fraction of sp³-hybridized carbons (Fsp3) is 0. The Balaban J connectivity index is -0.00000000500. The van der Waals surface area contributed by atoms with Gasteiger partial charge in [-0.05, 0) is 0 Å². The zero-order chi connectivity index (χ0) is 16.0. The number of rotatable bonds is 0. The van der Waals surface area contributed by atoms with E-state index in [1.165, 1.54) is 0 Å². The highest BCUT2D eigenvalue weighted by molar-refractivity contribution is 4.23. The molecule has 0 spiro atoms. The van der Waals surface area contributed by atoms with Crippen LogP contribution in [0.15, 0.2) is 105 Å². The molecule has 0 aliphatic carbocycles. The fourth-order valence-electron chi connectivity index (χ4n) is 0. The average molecular weight is 258 g/mol. The van der Waals surface area contributed by atoms with Gasteiger partial charge in [0.15, 0.2) is 0 Å². The first-order valence-corrected chi connectivity index (χ1v) is 4.00. The highest BCUT2D eigenvalue weighted by Crippen LogP contribution is 0.876. The quantitative estimate of drug-likeness (QED) is 0.472. The molecule has 0 aliphatic rings. The molecule has 0 rings (SSSR count). The van der Waals surface area contributed by atoms with Crippen LogP contribution in [0.2, 0.25) is 0 Å². The second kappa shape index (κ2) is 609. The lowest BCUT2D eigenvalue weighted by Gasteiger charge is -0.813. The smallest absolute Gasteiger partial charge is 0.106 e. The Bertz CT molecular complexity index is 33.1. The van der Waals surface area contributed by atoms with Gasteiger partial charge in [0.2, 0.25) is 0 Å². The lowest BCUT2D eigenvalue weighted by molar-refractivity contribution is 2.13. The molecule has 0 saturated heterocycles. The number of hydrogen-bond donors (Lipinski definition) is 2. The SMILES string of the molecule is C=C.C=C.C=C.C=C.C=C.C=C.C=C.C=C.N.N. The first kappa shape index (κ1) is 102. The summed E-state index contributed by atoms with van der Waals surface area (Å²) < 4.78 is 0.